The van der Waals surface area contributed by atoms with Gasteiger partial charge in [-0.05, 0) is 60.2 Å². The number of benzene rings is 7. The van der Waals surface area contributed by atoms with E-state index in [0.29, 0.717) is 0 Å². The van der Waals surface area contributed by atoms with Gasteiger partial charge in [-0.25, -0.2) is 4.98 Å². The van der Waals surface area contributed by atoms with Gasteiger partial charge in [-0.3, -0.25) is 0 Å². The number of aromatic nitrogens is 1. The maximum absolute atomic E-state index is 6.78. The summed E-state index contributed by atoms with van der Waals surface area (Å²) in [6.45, 7) is 0. The number of anilines is 3. The van der Waals surface area contributed by atoms with Gasteiger partial charge in [0.05, 0.1) is 22.6 Å². The molecule has 7 aromatic carbocycles. The fourth-order valence-electron chi connectivity index (χ4n) is 7.16. The summed E-state index contributed by atoms with van der Waals surface area (Å²) in [5.41, 5.74) is 9.85. The van der Waals surface area contributed by atoms with Gasteiger partial charge in [0.25, 0.3) is 0 Å². The highest BCUT2D eigenvalue weighted by Gasteiger charge is 2.26. The minimum Gasteiger partial charge on any atom is -0.455 e. The number of pyridine rings is 1. The lowest BCUT2D eigenvalue weighted by molar-refractivity contribution is 0.477. The molecule has 0 atom stereocenters. The fraction of sp³-hybridized carbons (Fsp3) is 0. The average Bonchev–Trinajstić information content (AvgIpc) is 3.53. The molecule has 10 rings (SSSR count). The Balaban J connectivity index is 1.30. The Labute approximate surface area is 270 Å². The molecule has 0 saturated carbocycles. The molecule has 1 aliphatic rings. The average molecular weight is 603 g/mol. The van der Waals surface area contributed by atoms with Crippen LogP contribution in [0.3, 0.4) is 0 Å². The first-order chi connectivity index (χ1) is 23.3. The standard InChI is InChI=1S/C43H26N2O2/c1-2-13-27(14-3-1)42-33-26-32(43-41(31-18-5-9-22-37(31)47-43)40(33)30-17-4-6-19-34(30)44-42)28-15-12-16-29(25-28)45-35-20-7-10-23-38(35)46-39-24-11-8-21-36(39)45/h1-26H. The van der Waals surface area contributed by atoms with Crippen molar-refractivity contribution in [3.63, 3.8) is 0 Å². The van der Waals surface area contributed by atoms with Crippen molar-refractivity contribution in [1.29, 1.82) is 0 Å². The molecule has 0 spiro atoms. The van der Waals surface area contributed by atoms with Gasteiger partial charge < -0.3 is 14.1 Å². The van der Waals surface area contributed by atoms with Gasteiger partial charge in [-0.2, -0.15) is 0 Å². The van der Waals surface area contributed by atoms with E-state index in [9.17, 15) is 0 Å². The van der Waals surface area contributed by atoms with E-state index >= 15 is 0 Å². The van der Waals surface area contributed by atoms with Crippen molar-refractivity contribution in [1.82, 2.24) is 4.98 Å². The van der Waals surface area contributed by atoms with Crippen LogP contribution in [0.15, 0.2) is 162 Å². The summed E-state index contributed by atoms with van der Waals surface area (Å²) in [6, 6.07) is 54.6. The highest BCUT2D eigenvalue weighted by atomic mass is 16.5. The molecule has 220 valence electrons. The van der Waals surface area contributed by atoms with E-state index < -0.39 is 0 Å². The third-order valence-electron chi connectivity index (χ3n) is 9.20. The highest BCUT2D eigenvalue weighted by molar-refractivity contribution is 6.30. The fourth-order valence-corrected chi connectivity index (χ4v) is 7.16. The van der Waals surface area contributed by atoms with E-state index in [4.69, 9.17) is 14.1 Å². The number of fused-ring (bicyclic) bond motifs is 9. The molecule has 47 heavy (non-hydrogen) atoms. The van der Waals surface area contributed by atoms with Crippen molar-refractivity contribution >= 4 is 60.7 Å². The second-order valence-electron chi connectivity index (χ2n) is 11.9. The van der Waals surface area contributed by atoms with Crippen LogP contribution in [0.5, 0.6) is 11.5 Å². The molecule has 0 fully saturated rings. The predicted octanol–water partition coefficient (Wildman–Crippen LogP) is 12.2. The molecule has 1 aliphatic heterocycles. The summed E-state index contributed by atoms with van der Waals surface area (Å²) in [6.07, 6.45) is 0. The molecule has 0 aliphatic carbocycles. The van der Waals surface area contributed by atoms with Crippen LogP contribution in [0.25, 0.3) is 66.0 Å². The van der Waals surface area contributed by atoms with Gasteiger partial charge in [0.2, 0.25) is 0 Å². The second kappa shape index (κ2) is 10.1. The molecule has 0 N–H and O–H groups in total. The van der Waals surface area contributed by atoms with Gasteiger partial charge in [0.1, 0.15) is 11.2 Å². The van der Waals surface area contributed by atoms with Crippen LogP contribution < -0.4 is 9.64 Å². The largest absolute Gasteiger partial charge is 0.455 e. The molecule has 0 amide bonds. The van der Waals surface area contributed by atoms with Crippen LogP contribution in [0, 0.1) is 0 Å². The predicted molar refractivity (Wildman–Crippen MR) is 192 cm³/mol. The Morgan fingerprint density at radius 3 is 1.96 bits per heavy atom. The van der Waals surface area contributed by atoms with Crippen LogP contribution in [-0.2, 0) is 0 Å². The molecule has 0 bridgehead atoms. The van der Waals surface area contributed by atoms with Gasteiger partial charge >= 0.3 is 0 Å². The Kier molecular flexibility index (Phi) is 5.54. The molecule has 0 saturated heterocycles. The Morgan fingerprint density at radius 2 is 1.15 bits per heavy atom. The molecular weight excluding hydrogens is 576 g/mol. The minimum absolute atomic E-state index is 0.826. The lowest BCUT2D eigenvalue weighted by Crippen LogP contribution is -2.15. The summed E-state index contributed by atoms with van der Waals surface area (Å²) in [7, 11) is 0. The van der Waals surface area contributed by atoms with Crippen LogP contribution in [-0.4, -0.2) is 4.98 Å². The van der Waals surface area contributed by atoms with Gasteiger partial charge in [0.15, 0.2) is 11.5 Å². The highest BCUT2D eigenvalue weighted by Crippen LogP contribution is 2.51. The van der Waals surface area contributed by atoms with E-state index in [2.05, 4.69) is 126 Å². The van der Waals surface area contributed by atoms with Crippen LogP contribution in [0.4, 0.5) is 17.1 Å². The molecule has 3 heterocycles. The SMILES string of the molecule is c1ccc(-c2nc3ccccc3c3c2cc(-c2cccc(N4c5ccccc5Oc5ccccc54)c2)c2oc4ccccc4c23)cc1. The maximum atomic E-state index is 6.78. The summed E-state index contributed by atoms with van der Waals surface area (Å²) < 4.78 is 13.1. The number of furan rings is 1. The van der Waals surface area contributed by atoms with E-state index in [0.717, 1.165) is 94.6 Å². The summed E-state index contributed by atoms with van der Waals surface area (Å²) >= 11 is 0. The third kappa shape index (κ3) is 3.92. The topological polar surface area (TPSA) is 38.5 Å². The van der Waals surface area contributed by atoms with E-state index in [1.807, 2.05) is 36.4 Å². The van der Waals surface area contributed by atoms with Gasteiger partial charge in [-0.15, -0.1) is 0 Å². The summed E-state index contributed by atoms with van der Waals surface area (Å²) in [4.78, 5) is 7.54. The Bertz CT molecular complexity index is 2630. The zero-order valence-corrected chi connectivity index (χ0v) is 25.2. The smallest absolute Gasteiger partial charge is 0.151 e. The molecule has 2 aromatic heterocycles. The second-order valence-corrected chi connectivity index (χ2v) is 11.9. The molecule has 4 heteroatoms. The number of para-hydroxylation sites is 6. The first kappa shape index (κ1) is 25.9. The van der Waals surface area contributed by atoms with Crippen molar-refractivity contribution in [2.45, 2.75) is 0 Å². The first-order valence-corrected chi connectivity index (χ1v) is 15.8. The Hall–Kier alpha value is -6.39. The quantitative estimate of drug-likeness (QED) is 0.189. The number of hydrogen-bond acceptors (Lipinski definition) is 4. The van der Waals surface area contributed by atoms with Crippen molar-refractivity contribution < 1.29 is 9.15 Å². The normalized spacial score (nSPS) is 12.4. The van der Waals surface area contributed by atoms with E-state index in [1.54, 1.807) is 0 Å². The number of rotatable bonds is 3. The van der Waals surface area contributed by atoms with Crippen molar-refractivity contribution in [3.05, 3.63) is 158 Å². The van der Waals surface area contributed by atoms with Crippen LogP contribution >= 0.6 is 0 Å². The number of hydrogen-bond donors (Lipinski definition) is 0. The number of ether oxygens (including phenoxy) is 1. The van der Waals surface area contributed by atoms with Crippen LogP contribution in [0.1, 0.15) is 0 Å². The van der Waals surface area contributed by atoms with E-state index in [1.165, 1.54) is 0 Å². The molecule has 0 radical (unpaired) electrons. The van der Waals surface area contributed by atoms with Crippen molar-refractivity contribution in [3.8, 4) is 33.9 Å². The van der Waals surface area contributed by atoms with Gasteiger partial charge in [-0.1, -0.05) is 103 Å². The molecule has 9 aromatic rings. The van der Waals surface area contributed by atoms with Gasteiger partial charge in [0, 0.05) is 43.7 Å². The minimum atomic E-state index is 0.826. The zero-order chi connectivity index (χ0) is 30.9. The summed E-state index contributed by atoms with van der Waals surface area (Å²) in [5.74, 6) is 1.65. The summed E-state index contributed by atoms with van der Waals surface area (Å²) in [5, 5.41) is 5.57. The first-order valence-electron chi connectivity index (χ1n) is 15.8. The van der Waals surface area contributed by atoms with Crippen LogP contribution in [0.2, 0.25) is 0 Å². The maximum Gasteiger partial charge on any atom is 0.151 e. The van der Waals surface area contributed by atoms with E-state index in [-0.39, 0.29) is 0 Å². The lowest BCUT2D eigenvalue weighted by Gasteiger charge is -2.33. The monoisotopic (exact) mass is 602 g/mol. The molecular formula is C43H26N2O2. The lowest BCUT2D eigenvalue weighted by atomic mass is 9.92. The molecule has 0 unspecified atom stereocenters. The Morgan fingerprint density at radius 1 is 0.489 bits per heavy atom. The zero-order valence-electron chi connectivity index (χ0n) is 25.2. The number of nitrogens with zero attached hydrogens (tertiary/aromatic N) is 2. The molecule has 4 nitrogen and oxygen atoms in total. The van der Waals surface area contributed by atoms with Crippen molar-refractivity contribution in [2.75, 3.05) is 4.90 Å². The third-order valence-corrected chi connectivity index (χ3v) is 9.20. The van der Waals surface area contributed by atoms with Crippen molar-refractivity contribution in [2.24, 2.45) is 0 Å².